The molecular weight excluding hydrogens is 493 g/mol. The lowest BCUT2D eigenvalue weighted by Gasteiger charge is -2.12. The summed E-state index contributed by atoms with van der Waals surface area (Å²) in [4.78, 5) is 40.9. The molecule has 2 heterocycles. The Bertz CT molecular complexity index is 1490. The van der Waals surface area contributed by atoms with Gasteiger partial charge in [-0.15, -0.1) is 5.10 Å². The predicted octanol–water partition coefficient (Wildman–Crippen LogP) is 3.52. The van der Waals surface area contributed by atoms with Crippen molar-refractivity contribution in [2.24, 2.45) is 0 Å². The first-order chi connectivity index (χ1) is 17.7. The lowest BCUT2D eigenvalue weighted by molar-refractivity contribution is -0.133. The number of amides is 3. The van der Waals surface area contributed by atoms with Crippen LogP contribution in [0.2, 0.25) is 0 Å². The number of carbonyl (C=O) groups is 3. The summed E-state index contributed by atoms with van der Waals surface area (Å²) in [6, 6.07) is 9.69. The summed E-state index contributed by atoms with van der Waals surface area (Å²) in [5, 5.41) is 11.1. The molecule has 0 saturated heterocycles. The molecule has 3 N–H and O–H groups in total. The Balaban J connectivity index is 1.41. The van der Waals surface area contributed by atoms with Crippen LogP contribution in [0, 0.1) is 17.5 Å². The molecule has 0 atom stereocenters. The van der Waals surface area contributed by atoms with Gasteiger partial charge in [0.25, 0.3) is 5.91 Å². The second kappa shape index (κ2) is 10.6. The molecule has 4 rings (SSSR count). The Kier molecular flexibility index (Phi) is 7.14. The van der Waals surface area contributed by atoms with Gasteiger partial charge in [0, 0.05) is 48.5 Å². The van der Waals surface area contributed by atoms with Gasteiger partial charge >= 0.3 is 11.8 Å². The van der Waals surface area contributed by atoms with Crippen molar-refractivity contribution in [3.05, 3.63) is 90.1 Å². The van der Waals surface area contributed by atoms with Crippen LogP contribution in [0.1, 0.15) is 10.4 Å². The van der Waals surface area contributed by atoms with E-state index in [0.717, 1.165) is 4.68 Å². The van der Waals surface area contributed by atoms with Crippen molar-refractivity contribution >= 4 is 34.9 Å². The van der Waals surface area contributed by atoms with Crippen molar-refractivity contribution in [3.8, 4) is 11.4 Å². The van der Waals surface area contributed by atoms with Gasteiger partial charge in [0.05, 0.1) is 18.4 Å². The first-order valence-electron chi connectivity index (χ1n) is 10.5. The van der Waals surface area contributed by atoms with Crippen molar-refractivity contribution in [3.63, 3.8) is 0 Å². The Morgan fingerprint density at radius 1 is 0.892 bits per heavy atom. The van der Waals surface area contributed by atoms with Gasteiger partial charge in [-0.05, 0) is 24.3 Å². The average molecular weight is 510 g/mol. The fraction of sp³-hybridized carbons (Fsp3) is 0.0417. The Morgan fingerprint density at radius 3 is 2.38 bits per heavy atom. The average Bonchev–Trinajstić information content (AvgIpc) is 3.35. The minimum atomic E-state index is -1.36. The lowest BCUT2D eigenvalue weighted by atomic mass is 10.2. The van der Waals surface area contributed by atoms with E-state index in [-0.39, 0.29) is 17.3 Å². The van der Waals surface area contributed by atoms with Crippen LogP contribution in [0.5, 0.6) is 5.75 Å². The van der Waals surface area contributed by atoms with E-state index in [1.54, 1.807) is 12.1 Å². The molecule has 0 aliphatic rings. The fourth-order valence-electron chi connectivity index (χ4n) is 3.14. The van der Waals surface area contributed by atoms with Crippen LogP contribution < -0.4 is 20.7 Å². The number of nitrogens with zero attached hydrogens (tertiary/aromatic N) is 3. The standard InChI is InChI=1S/C24H17F3N6O4/c1-37-20-9-14(4-5-18(20)30-22(34)13-3-2-7-28-12-13)29-23(35)24(36)31-21-6-8-33(32-21)19-11-16(26)15(25)10-17(19)27/h2-12H,1H3,(H,29,35)(H,30,34)(H,31,32,36). The Hall–Kier alpha value is -5.20. The van der Waals surface area contributed by atoms with Gasteiger partial charge in [0.1, 0.15) is 11.4 Å². The quantitative estimate of drug-likeness (QED) is 0.269. The first-order valence-corrected chi connectivity index (χ1v) is 10.5. The number of nitrogens with one attached hydrogen (secondary N) is 3. The van der Waals surface area contributed by atoms with Gasteiger partial charge in [0.15, 0.2) is 23.3 Å². The fourth-order valence-corrected chi connectivity index (χ4v) is 3.14. The Labute approximate surface area is 207 Å². The third-order valence-corrected chi connectivity index (χ3v) is 4.90. The number of halogens is 3. The maximum Gasteiger partial charge on any atom is 0.315 e. The summed E-state index contributed by atoms with van der Waals surface area (Å²) in [6.45, 7) is 0. The molecule has 2 aromatic heterocycles. The van der Waals surface area contributed by atoms with Gasteiger partial charge in [0.2, 0.25) is 0 Å². The second-order valence-electron chi connectivity index (χ2n) is 7.38. The normalized spacial score (nSPS) is 10.5. The number of benzene rings is 2. The molecule has 0 aliphatic carbocycles. The van der Waals surface area contributed by atoms with Crippen LogP contribution in [0.3, 0.4) is 0 Å². The highest BCUT2D eigenvalue weighted by atomic mass is 19.2. The molecule has 4 aromatic rings. The van der Waals surface area contributed by atoms with Gasteiger partial charge in [-0.3, -0.25) is 19.4 Å². The highest BCUT2D eigenvalue weighted by Gasteiger charge is 2.18. The molecule has 2 aromatic carbocycles. The summed E-state index contributed by atoms with van der Waals surface area (Å²) in [7, 11) is 1.36. The summed E-state index contributed by atoms with van der Waals surface area (Å²) in [5.41, 5.74) is 0.430. The van der Waals surface area contributed by atoms with E-state index in [4.69, 9.17) is 4.74 Å². The molecule has 10 nitrogen and oxygen atoms in total. The maximum atomic E-state index is 13.9. The summed E-state index contributed by atoms with van der Waals surface area (Å²) < 4.78 is 46.7. The minimum absolute atomic E-state index is 0.143. The number of pyridine rings is 1. The molecule has 37 heavy (non-hydrogen) atoms. The number of anilines is 3. The molecule has 188 valence electrons. The molecule has 0 aliphatic heterocycles. The van der Waals surface area contributed by atoms with Crippen molar-refractivity contribution in [2.75, 3.05) is 23.1 Å². The number of carbonyl (C=O) groups excluding carboxylic acids is 3. The molecule has 0 spiro atoms. The molecular formula is C24H17F3N6O4. The van der Waals surface area contributed by atoms with E-state index >= 15 is 0 Å². The minimum Gasteiger partial charge on any atom is -0.494 e. The largest absolute Gasteiger partial charge is 0.494 e. The van der Waals surface area contributed by atoms with Gasteiger partial charge in [-0.1, -0.05) is 0 Å². The molecule has 0 radical (unpaired) electrons. The highest BCUT2D eigenvalue weighted by Crippen LogP contribution is 2.28. The molecule has 0 saturated carbocycles. The number of ether oxygens (including phenoxy) is 1. The zero-order valence-electron chi connectivity index (χ0n) is 19.0. The predicted molar refractivity (Wildman–Crippen MR) is 126 cm³/mol. The van der Waals surface area contributed by atoms with E-state index in [1.807, 2.05) is 0 Å². The first kappa shape index (κ1) is 24.9. The lowest BCUT2D eigenvalue weighted by Crippen LogP contribution is -2.29. The number of hydrogen-bond acceptors (Lipinski definition) is 6. The van der Waals surface area contributed by atoms with Crippen LogP contribution in [-0.2, 0) is 9.59 Å². The summed E-state index contributed by atoms with van der Waals surface area (Å²) in [5.74, 6) is -6.25. The summed E-state index contributed by atoms with van der Waals surface area (Å²) in [6.07, 6.45) is 4.11. The third-order valence-electron chi connectivity index (χ3n) is 4.90. The molecule has 13 heteroatoms. The second-order valence-corrected chi connectivity index (χ2v) is 7.38. The van der Waals surface area contributed by atoms with Crippen molar-refractivity contribution in [2.45, 2.75) is 0 Å². The van der Waals surface area contributed by atoms with Gasteiger partial charge in [-0.2, -0.15) is 0 Å². The van der Waals surface area contributed by atoms with Crippen LogP contribution in [-0.4, -0.2) is 39.6 Å². The number of hydrogen-bond donors (Lipinski definition) is 3. The Morgan fingerprint density at radius 2 is 1.65 bits per heavy atom. The smallest absolute Gasteiger partial charge is 0.315 e. The highest BCUT2D eigenvalue weighted by molar-refractivity contribution is 6.43. The third kappa shape index (κ3) is 5.73. The van der Waals surface area contributed by atoms with Crippen LogP contribution in [0.15, 0.2) is 67.1 Å². The van der Waals surface area contributed by atoms with Crippen LogP contribution in [0.4, 0.5) is 30.4 Å². The van der Waals surface area contributed by atoms with Crippen LogP contribution in [0.25, 0.3) is 5.69 Å². The summed E-state index contributed by atoms with van der Waals surface area (Å²) >= 11 is 0. The number of methoxy groups -OCH3 is 1. The van der Waals surface area contributed by atoms with E-state index in [2.05, 4.69) is 26.0 Å². The molecule has 0 bridgehead atoms. The van der Waals surface area contributed by atoms with Crippen molar-refractivity contribution in [1.82, 2.24) is 14.8 Å². The van der Waals surface area contributed by atoms with E-state index in [0.29, 0.717) is 23.4 Å². The van der Waals surface area contributed by atoms with Gasteiger partial charge in [-0.25, -0.2) is 17.9 Å². The molecule has 0 unspecified atom stereocenters. The van der Waals surface area contributed by atoms with Crippen LogP contribution >= 0.6 is 0 Å². The topological polar surface area (TPSA) is 127 Å². The number of rotatable bonds is 6. The van der Waals surface area contributed by atoms with E-state index < -0.39 is 40.9 Å². The molecule has 3 amide bonds. The van der Waals surface area contributed by atoms with E-state index in [1.165, 1.54) is 50.0 Å². The zero-order valence-corrected chi connectivity index (χ0v) is 19.0. The maximum absolute atomic E-state index is 13.9. The SMILES string of the molecule is COc1cc(NC(=O)C(=O)Nc2ccn(-c3cc(F)c(F)cc3F)n2)ccc1NC(=O)c1cccnc1. The monoisotopic (exact) mass is 510 g/mol. The zero-order chi connectivity index (χ0) is 26.5. The van der Waals surface area contributed by atoms with Gasteiger partial charge < -0.3 is 20.7 Å². The van der Waals surface area contributed by atoms with Crippen molar-refractivity contribution < 1.29 is 32.3 Å². The molecule has 0 fully saturated rings. The van der Waals surface area contributed by atoms with Crippen molar-refractivity contribution in [1.29, 1.82) is 0 Å². The van der Waals surface area contributed by atoms with E-state index in [9.17, 15) is 27.6 Å². The number of aromatic nitrogens is 3.